The van der Waals surface area contributed by atoms with Crippen molar-refractivity contribution in [3.8, 4) is 11.3 Å². The molecule has 184 valence electrons. The lowest BCUT2D eigenvalue weighted by Gasteiger charge is -2.46. The van der Waals surface area contributed by atoms with E-state index in [4.69, 9.17) is 19.7 Å². The van der Waals surface area contributed by atoms with E-state index in [9.17, 15) is 8.78 Å². The van der Waals surface area contributed by atoms with E-state index < -0.39 is 13.0 Å². The Balaban J connectivity index is 1.32. The fourth-order valence-corrected chi connectivity index (χ4v) is 5.36. The zero-order valence-electron chi connectivity index (χ0n) is 19.7. The van der Waals surface area contributed by atoms with Gasteiger partial charge in [0, 0.05) is 24.8 Å². The van der Waals surface area contributed by atoms with Crippen LogP contribution in [0.2, 0.25) is 0 Å². The molecule has 35 heavy (non-hydrogen) atoms. The van der Waals surface area contributed by atoms with Crippen LogP contribution in [-0.2, 0) is 11.3 Å². The summed E-state index contributed by atoms with van der Waals surface area (Å²) in [5, 5.41) is 7.48. The first-order chi connectivity index (χ1) is 16.9. The lowest BCUT2D eigenvalue weighted by Crippen LogP contribution is -2.48. The summed E-state index contributed by atoms with van der Waals surface area (Å²) in [6.45, 7) is 2.15. The molecule has 0 atom stereocenters. The van der Waals surface area contributed by atoms with Crippen LogP contribution >= 0.6 is 0 Å². The lowest BCUT2D eigenvalue weighted by molar-refractivity contribution is -0.165. The van der Waals surface area contributed by atoms with Crippen molar-refractivity contribution in [3.05, 3.63) is 24.2 Å². The third-order valence-electron chi connectivity index (χ3n) is 7.34. The molecule has 5 heterocycles. The number of hydrogen-bond acceptors (Lipinski definition) is 7. The molecule has 1 spiro atoms. The van der Waals surface area contributed by atoms with Gasteiger partial charge in [-0.2, -0.15) is 9.97 Å². The normalized spacial score (nSPS) is 22.3. The van der Waals surface area contributed by atoms with E-state index in [0.29, 0.717) is 46.1 Å². The van der Waals surface area contributed by atoms with Gasteiger partial charge >= 0.3 is 0 Å². The summed E-state index contributed by atoms with van der Waals surface area (Å²) in [6, 6.07) is 3.96. The Kier molecular flexibility index (Phi) is 5.32. The number of alkyl halides is 2. The predicted molar refractivity (Wildman–Crippen MR) is 130 cm³/mol. The fourth-order valence-electron chi connectivity index (χ4n) is 5.36. The van der Waals surface area contributed by atoms with Gasteiger partial charge in [0.05, 0.1) is 29.8 Å². The number of ether oxygens (including phenoxy) is 1. The Bertz CT molecular complexity index is 1380. The standard InChI is InChI=1S/C24H28F2N8O/c1-13-29-17-4-3-16(31-22(17)34(13)12-18(25)26)15-11-28-21-19(15)20(27-2)32-23(33-21)30-14-5-7-24(8-6-14)9-10-35-24/h3-4,11,14,18H,5-10,12H2,1-2H3,(H3,27,28,30,32,33)/t14-,24-. The quantitative estimate of drug-likeness (QED) is 0.372. The van der Waals surface area contributed by atoms with Crippen molar-refractivity contribution in [2.75, 3.05) is 24.3 Å². The van der Waals surface area contributed by atoms with Crippen LogP contribution in [0.3, 0.4) is 0 Å². The van der Waals surface area contributed by atoms with E-state index in [1.807, 2.05) is 25.4 Å². The number of aromatic amines is 1. The van der Waals surface area contributed by atoms with Gasteiger partial charge in [-0.15, -0.1) is 0 Å². The van der Waals surface area contributed by atoms with Gasteiger partial charge in [-0.05, 0) is 51.2 Å². The molecule has 6 rings (SSSR count). The molecule has 0 unspecified atom stereocenters. The molecule has 0 radical (unpaired) electrons. The highest BCUT2D eigenvalue weighted by atomic mass is 19.3. The van der Waals surface area contributed by atoms with Crippen LogP contribution in [0.25, 0.3) is 33.5 Å². The van der Waals surface area contributed by atoms with Gasteiger partial charge in [0.1, 0.15) is 22.8 Å². The molecule has 3 N–H and O–H groups in total. The maximum absolute atomic E-state index is 13.1. The van der Waals surface area contributed by atoms with Crippen molar-refractivity contribution >= 4 is 34.0 Å². The monoisotopic (exact) mass is 482 g/mol. The Morgan fingerprint density at radius 3 is 2.66 bits per heavy atom. The highest BCUT2D eigenvalue weighted by Gasteiger charge is 2.41. The molecule has 1 saturated carbocycles. The van der Waals surface area contributed by atoms with Crippen molar-refractivity contribution in [1.29, 1.82) is 0 Å². The highest BCUT2D eigenvalue weighted by Crippen LogP contribution is 2.41. The molecular formula is C24H28F2N8O. The van der Waals surface area contributed by atoms with Crippen molar-refractivity contribution in [1.82, 2.24) is 29.5 Å². The van der Waals surface area contributed by atoms with Crippen LogP contribution in [0, 0.1) is 6.92 Å². The lowest BCUT2D eigenvalue weighted by atomic mass is 9.77. The Morgan fingerprint density at radius 2 is 1.97 bits per heavy atom. The molecule has 4 aromatic rings. The van der Waals surface area contributed by atoms with Crippen molar-refractivity contribution in [3.63, 3.8) is 0 Å². The minimum absolute atomic E-state index is 0.116. The summed E-state index contributed by atoms with van der Waals surface area (Å²) >= 11 is 0. The molecule has 0 aromatic carbocycles. The third-order valence-corrected chi connectivity index (χ3v) is 7.34. The first kappa shape index (κ1) is 22.1. The number of aromatic nitrogens is 6. The summed E-state index contributed by atoms with van der Waals surface area (Å²) in [5.74, 6) is 1.75. The number of halogens is 2. The van der Waals surface area contributed by atoms with Crippen LogP contribution < -0.4 is 10.6 Å². The van der Waals surface area contributed by atoms with Crippen LogP contribution in [0.15, 0.2) is 18.3 Å². The van der Waals surface area contributed by atoms with Gasteiger partial charge in [-0.1, -0.05) is 0 Å². The Hall–Kier alpha value is -3.34. The maximum atomic E-state index is 13.1. The van der Waals surface area contributed by atoms with E-state index in [2.05, 4.69) is 20.6 Å². The van der Waals surface area contributed by atoms with Crippen molar-refractivity contribution in [2.24, 2.45) is 0 Å². The van der Waals surface area contributed by atoms with Crippen LogP contribution in [0.1, 0.15) is 37.9 Å². The molecule has 11 heteroatoms. The first-order valence-electron chi connectivity index (χ1n) is 12.0. The van der Waals surface area contributed by atoms with E-state index in [1.54, 1.807) is 6.92 Å². The van der Waals surface area contributed by atoms with Gasteiger partial charge in [-0.25, -0.2) is 18.7 Å². The Morgan fingerprint density at radius 1 is 1.17 bits per heavy atom. The average molecular weight is 483 g/mol. The molecule has 0 bridgehead atoms. The molecule has 2 aliphatic rings. The summed E-state index contributed by atoms with van der Waals surface area (Å²) in [6.07, 6.45) is 4.69. The summed E-state index contributed by atoms with van der Waals surface area (Å²) < 4.78 is 33.6. The summed E-state index contributed by atoms with van der Waals surface area (Å²) in [7, 11) is 1.82. The van der Waals surface area contributed by atoms with Gasteiger partial charge in [0.15, 0.2) is 5.65 Å². The van der Waals surface area contributed by atoms with Crippen LogP contribution in [0.4, 0.5) is 20.5 Å². The zero-order valence-corrected chi connectivity index (χ0v) is 19.7. The van der Waals surface area contributed by atoms with E-state index in [-0.39, 0.29) is 5.60 Å². The number of H-pyrrole nitrogens is 1. The molecule has 9 nitrogen and oxygen atoms in total. The second-order valence-corrected chi connectivity index (χ2v) is 9.47. The number of fused-ring (bicyclic) bond motifs is 2. The zero-order chi connectivity index (χ0) is 24.2. The second kappa shape index (κ2) is 8.40. The number of hydrogen-bond donors (Lipinski definition) is 3. The smallest absolute Gasteiger partial charge is 0.256 e. The van der Waals surface area contributed by atoms with Gasteiger partial charge in [0.2, 0.25) is 5.95 Å². The molecule has 0 amide bonds. The first-order valence-corrected chi connectivity index (χ1v) is 12.0. The average Bonchev–Trinajstić information content (AvgIpc) is 3.38. The van der Waals surface area contributed by atoms with Crippen LogP contribution in [-0.4, -0.2) is 61.2 Å². The van der Waals surface area contributed by atoms with E-state index in [0.717, 1.165) is 43.2 Å². The number of anilines is 2. The maximum Gasteiger partial charge on any atom is 0.256 e. The van der Waals surface area contributed by atoms with Crippen molar-refractivity contribution < 1.29 is 13.5 Å². The number of nitrogens with one attached hydrogen (secondary N) is 3. The summed E-state index contributed by atoms with van der Waals surface area (Å²) in [5.41, 5.74) is 3.25. The second-order valence-electron chi connectivity index (χ2n) is 9.47. The van der Waals surface area contributed by atoms with E-state index in [1.165, 1.54) is 11.0 Å². The number of rotatable bonds is 6. The molecule has 1 saturated heterocycles. The number of imidazole rings is 1. The molecule has 2 fully saturated rings. The van der Waals surface area contributed by atoms with Crippen LogP contribution in [0.5, 0.6) is 0 Å². The topological polar surface area (TPSA) is 106 Å². The SMILES string of the molecule is CNc1nc(N[C@H]2CC[C@@]3(CCO3)CC2)nc2[nH]cc(-c3ccc4nc(C)n(CC(F)F)c4n3)c12. The molecule has 1 aliphatic heterocycles. The van der Waals surface area contributed by atoms with Gasteiger partial charge < -0.3 is 24.9 Å². The fraction of sp³-hybridized carbons (Fsp3) is 0.500. The highest BCUT2D eigenvalue weighted by molar-refractivity contribution is 6.01. The summed E-state index contributed by atoms with van der Waals surface area (Å²) in [4.78, 5) is 21.8. The van der Waals surface area contributed by atoms with Gasteiger partial charge in [-0.3, -0.25) is 0 Å². The number of pyridine rings is 1. The molecular weight excluding hydrogens is 454 g/mol. The Labute approximate surface area is 200 Å². The minimum Gasteiger partial charge on any atom is -0.375 e. The molecule has 1 aliphatic carbocycles. The third kappa shape index (κ3) is 3.87. The largest absolute Gasteiger partial charge is 0.375 e. The number of aryl methyl sites for hydroxylation is 1. The number of nitrogens with zero attached hydrogens (tertiary/aromatic N) is 5. The predicted octanol–water partition coefficient (Wildman–Crippen LogP) is 4.50. The van der Waals surface area contributed by atoms with Crippen molar-refractivity contribution in [2.45, 2.75) is 63.6 Å². The minimum atomic E-state index is -2.49. The van der Waals surface area contributed by atoms with Gasteiger partial charge in [0.25, 0.3) is 6.43 Å². The van der Waals surface area contributed by atoms with E-state index >= 15 is 0 Å². The molecule has 4 aromatic heterocycles.